The smallest absolute Gasteiger partial charge is 0.237 e. The van der Waals surface area contributed by atoms with E-state index in [-0.39, 0.29) is 11.9 Å². The van der Waals surface area contributed by atoms with Gasteiger partial charge >= 0.3 is 0 Å². The Bertz CT molecular complexity index is 189. The van der Waals surface area contributed by atoms with Gasteiger partial charge in [-0.2, -0.15) is 0 Å². The van der Waals surface area contributed by atoms with Crippen LogP contribution in [0, 0.1) is 5.92 Å². The first-order valence-corrected chi connectivity index (χ1v) is 5.37. The zero-order valence-corrected chi connectivity index (χ0v) is 8.01. The Balaban J connectivity index is 1.83. The third kappa shape index (κ3) is 2.21. The number of carbonyl (C=O) groups is 1. The minimum Gasteiger partial charge on any atom is -0.355 e. The Morgan fingerprint density at radius 1 is 1.23 bits per heavy atom. The fraction of sp³-hybridized carbons (Fsp3) is 0.900. The van der Waals surface area contributed by atoms with Crippen LogP contribution < -0.4 is 10.6 Å². The monoisotopic (exact) mass is 182 g/mol. The molecular weight excluding hydrogens is 164 g/mol. The standard InChI is InChI=1S/C10H18N2O/c13-10-9(7-8-3-1-4-8)11-5-2-6-12-10/h8-9,11H,1-7H2,(H,12,13). The van der Waals surface area contributed by atoms with Gasteiger partial charge in [0.1, 0.15) is 0 Å². The first kappa shape index (κ1) is 9.00. The van der Waals surface area contributed by atoms with Crippen LogP contribution in [0.3, 0.4) is 0 Å². The van der Waals surface area contributed by atoms with E-state index in [2.05, 4.69) is 10.6 Å². The summed E-state index contributed by atoms with van der Waals surface area (Å²) in [6.07, 6.45) is 6.12. The third-order valence-electron chi connectivity index (χ3n) is 3.15. The fourth-order valence-corrected chi connectivity index (χ4v) is 2.04. The minimum atomic E-state index is 0.0906. The number of amides is 1. The van der Waals surface area contributed by atoms with Crippen molar-refractivity contribution in [1.29, 1.82) is 0 Å². The zero-order chi connectivity index (χ0) is 9.10. The quantitative estimate of drug-likeness (QED) is 0.658. The van der Waals surface area contributed by atoms with Gasteiger partial charge in [0.25, 0.3) is 0 Å². The van der Waals surface area contributed by atoms with Crippen LogP contribution in [0.2, 0.25) is 0 Å². The first-order chi connectivity index (χ1) is 6.36. The molecule has 2 fully saturated rings. The summed E-state index contributed by atoms with van der Waals surface area (Å²) in [4.78, 5) is 11.5. The van der Waals surface area contributed by atoms with Gasteiger partial charge in [0.2, 0.25) is 5.91 Å². The van der Waals surface area contributed by atoms with E-state index in [4.69, 9.17) is 0 Å². The van der Waals surface area contributed by atoms with Crippen LogP contribution in [0.1, 0.15) is 32.1 Å². The topological polar surface area (TPSA) is 41.1 Å². The predicted molar refractivity (Wildman–Crippen MR) is 51.4 cm³/mol. The largest absolute Gasteiger partial charge is 0.355 e. The lowest BCUT2D eigenvalue weighted by Gasteiger charge is -2.28. The number of carbonyl (C=O) groups excluding carboxylic acids is 1. The van der Waals surface area contributed by atoms with Crippen molar-refractivity contribution in [2.75, 3.05) is 13.1 Å². The van der Waals surface area contributed by atoms with Crippen molar-refractivity contribution in [3.8, 4) is 0 Å². The highest BCUT2D eigenvalue weighted by molar-refractivity contribution is 5.81. The van der Waals surface area contributed by atoms with Crippen molar-refractivity contribution < 1.29 is 4.79 Å². The van der Waals surface area contributed by atoms with Crippen molar-refractivity contribution in [2.24, 2.45) is 5.92 Å². The summed E-state index contributed by atoms with van der Waals surface area (Å²) in [6, 6.07) is 0.0906. The lowest BCUT2D eigenvalue weighted by atomic mass is 9.81. The van der Waals surface area contributed by atoms with Crippen LogP contribution in [0.25, 0.3) is 0 Å². The number of hydrogen-bond acceptors (Lipinski definition) is 2. The molecule has 0 aromatic carbocycles. The molecule has 13 heavy (non-hydrogen) atoms. The van der Waals surface area contributed by atoms with Crippen molar-refractivity contribution >= 4 is 5.91 Å². The van der Waals surface area contributed by atoms with Crippen LogP contribution in [0.5, 0.6) is 0 Å². The van der Waals surface area contributed by atoms with Gasteiger partial charge in [0, 0.05) is 6.54 Å². The summed E-state index contributed by atoms with van der Waals surface area (Å²) in [5.41, 5.74) is 0. The van der Waals surface area contributed by atoms with Gasteiger partial charge in [0.15, 0.2) is 0 Å². The van der Waals surface area contributed by atoms with Gasteiger partial charge in [-0.15, -0.1) is 0 Å². The second-order valence-electron chi connectivity index (χ2n) is 4.18. The highest BCUT2D eigenvalue weighted by Crippen LogP contribution is 2.30. The molecule has 2 rings (SSSR count). The Labute approximate surface area is 79.3 Å². The predicted octanol–water partition coefficient (Wildman–Crippen LogP) is 0.655. The molecular formula is C10H18N2O. The van der Waals surface area contributed by atoms with E-state index in [0.717, 1.165) is 31.8 Å². The van der Waals surface area contributed by atoms with E-state index in [0.29, 0.717) is 0 Å². The van der Waals surface area contributed by atoms with E-state index >= 15 is 0 Å². The van der Waals surface area contributed by atoms with Crippen LogP contribution in [0.15, 0.2) is 0 Å². The normalized spacial score (nSPS) is 30.5. The van der Waals surface area contributed by atoms with E-state index in [1.54, 1.807) is 0 Å². The van der Waals surface area contributed by atoms with Gasteiger partial charge in [-0.25, -0.2) is 0 Å². The van der Waals surface area contributed by atoms with Crippen molar-refractivity contribution in [2.45, 2.75) is 38.1 Å². The number of nitrogens with one attached hydrogen (secondary N) is 2. The summed E-state index contributed by atoms with van der Waals surface area (Å²) in [7, 11) is 0. The van der Waals surface area contributed by atoms with E-state index in [9.17, 15) is 4.79 Å². The molecule has 1 unspecified atom stereocenters. The maximum Gasteiger partial charge on any atom is 0.237 e. The molecule has 1 saturated carbocycles. The highest BCUT2D eigenvalue weighted by Gasteiger charge is 2.26. The number of hydrogen-bond donors (Lipinski definition) is 2. The summed E-state index contributed by atoms with van der Waals surface area (Å²) < 4.78 is 0. The van der Waals surface area contributed by atoms with Crippen LogP contribution in [-0.4, -0.2) is 25.0 Å². The van der Waals surface area contributed by atoms with Gasteiger partial charge in [0.05, 0.1) is 6.04 Å². The van der Waals surface area contributed by atoms with E-state index in [1.807, 2.05) is 0 Å². The van der Waals surface area contributed by atoms with Crippen LogP contribution in [0.4, 0.5) is 0 Å². The third-order valence-corrected chi connectivity index (χ3v) is 3.15. The highest BCUT2D eigenvalue weighted by atomic mass is 16.2. The van der Waals surface area contributed by atoms with Crippen LogP contribution >= 0.6 is 0 Å². The van der Waals surface area contributed by atoms with Gasteiger partial charge in [-0.3, -0.25) is 4.79 Å². The van der Waals surface area contributed by atoms with Gasteiger partial charge in [-0.1, -0.05) is 19.3 Å². The molecule has 0 spiro atoms. The van der Waals surface area contributed by atoms with Gasteiger partial charge < -0.3 is 10.6 Å². The maximum absolute atomic E-state index is 11.5. The molecule has 74 valence electrons. The van der Waals surface area contributed by atoms with Crippen molar-refractivity contribution in [1.82, 2.24) is 10.6 Å². The molecule has 1 saturated heterocycles. The van der Waals surface area contributed by atoms with E-state index in [1.165, 1.54) is 19.3 Å². The molecule has 0 bridgehead atoms. The Morgan fingerprint density at radius 2 is 2.08 bits per heavy atom. The molecule has 1 amide bonds. The average Bonchev–Trinajstić information content (AvgIpc) is 2.23. The Morgan fingerprint density at radius 3 is 2.77 bits per heavy atom. The fourth-order valence-electron chi connectivity index (χ4n) is 2.04. The zero-order valence-electron chi connectivity index (χ0n) is 8.01. The Kier molecular flexibility index (Phi) is 2.83. The number of rotatable bonds is 2. The second-order valence-corrected chi connectivity index (χ2v) is 4.18. The minimum absolute atomic E-state index is 0.0906. The summed E-state index contributed by atoms with van der Waals surface area (Å²) in [6.45, 7) is 1.82. The molecule has 2 aliphatic rings. The lowest BCUT2D eigenvalue weighted by molar-refractivity contribution is -0.123. The molecule has 0 radical (unpaired) electrons. The summed E-state index contributed by atoms with van der Waals surface area (Å²) in [5.74, 6) is 1.02. The Hall–Kier alpha value is -0.570. The first-order valence-electron chi connectivity index (χ1n) is 5.37. The molecule has 1 aliphatic heterocycles. The lowest BCUT2D eigenvalue weighted by Crippen LogP contribution is -2.43. The molecule has 2 N–H and O–H groups in total. The molecule has 0 aromatic heterocycles. The second kappa shape index (κ2) is 4.09. The maximum atomic E-state index is 11.5. The summed E-state index contributed by atoms with van der Waals surface area (Å²) in [5, 5.41) is 6.27. The molecule has 1 aliphatic carbocycles. The SMILES string of the molecule is O=C1NCCCNC1CC1CCC1. The molecule has 0 aromatic rings. The van der Waals surface area contributed by atoms with E-state index < -0.39 is 0 Å². The molecule has 1 heterocycles. The van der Waals surface area contributed by atoms with Crippen molar-refractivity contribution in [3.63, 3.8) is 0 Å². The molecule has 1 atom stereocenters. The van der Waals surface area contributed by atoms with Gasteiger partial charge in [-0.05, 0) is 25.3 Å². The molecule has 3 heteroatoms. The van der Waals surface area contributed by atoms with Crippen molar-refractivity contribution in [3.05, 3.63) is 0 Å². The van der Waals surface area contributed by atoms with Crippen LogP contribution in [-0.2, 0) is 4.79 Å². The molecule has 3 nitrogen and oxygen atoms in total. The average molecular weight is 182 g/mol. The summed E-state index contributed by atoms with van der Waals surface area (Å²) >= 11 is 0.